The quantitative estimate of drug-likeness (QED) is 0.631. The molecule has 0 amide bonds. The van der Waals surface area contributed by atoms with Gasteiger partial charge < -0.3 is 5.11 Å². The first-order chi connectivity index (χ1) is 7.00. The van der Waals surface area contributed by atoms with Gasteiger partial charge in [-0.2, -0.15) is 0 Å². The van der Waals surface area contributed by atoms with Crippen LogP contribution in [0.5, 0.6) is 0 Å². The van der Waals surface area contributed by atoms with Gasteiger partial charge in [0.2, 0.25) is 6.54 Å². The maximum atomic E-state index is 10.6. The van der Waals surface area contributed by atoms with E-state index in [9.17, 15) is 14.9 Å². The Bertz CT molecular complexity index is 405. The molecule has 0 bridgehead atoms. The van der Waals surface area contributed by atoms with Crippen LogP contribution in [0.1, 0.15) is 15.9 Å². The lowest BCUT2D eigenvalue weighted by Crippen LogP contribution is -2.05. The molecule has 1 N–H and O–H groups in total. The summed E-state index contributed by atoms with van der Waals surface area (Å²) in [6, 6.07) is 4.15. The molecule has 0 radical (unpaired) electrons. The summed E-state index contributed by atoms with van der Waals surface area (Å²) in [5.41, 5.74) is 0.561. The van der Waals surface area contributed by atoms with E-state index in [1.165, 1.54) is 18.2 Å². The van der Waals surface area contributed by atoms with E-state index in [1.807, 2.05) is 0 Å². The maximum Gasteiger partial charge on any atom is 0.335 e. The number of nitrogens with zero attached hydrogens (tertiary/aromatic N) is 1. The molecule has 0 aliphatic rings. The van der Waals surface area contributed by atoms with E-state index in [-0.39, 0.29) is 18.5 Å². The molecule has 0 aliphatic carbocycles. The molecule has 1 aromatic carbocycles. The summed E-state index contributed by atoms with van der Waals surface area (Å²) in [6.07, 6.45) is 0.132. The zero-order chi connectivity index (χ0) is 11.4. The van der Waals surface area contributed by atoms with Crippen LogP contribution in [-0.4, -0.2) is 22.5 Å². The highest BCUT2D eigenvalue weighted by molar-refractivity contribution is 6.31. The minimum Gasteiger partial charge on any atom is -0.478 e. The van der Waals surface area contributed by atoms with Crippen LogP contribution in [-0.2, 0) is 6.42 Å². The smallest absolute Gasteiger partial charge is 0.335 e. The Labute approximate surface area is 90.4 Å². The van der Waals surface area contributed by atoms with Crippen molar-refractivity contribution in [2.45, 2.75) is 6.42 Å². The first-order valence-corrected chi connectivity index (χ1v) is 4.52. The third kappa shape index (κ3) is 3.21. The summed E-state index contributed by atoms with van der Waals surface area (Å²) in [5, 5.41) is 19.2. The lowest BCUT2D eigenvalue weighted by atomic mass is 10.1. The molecule has 1 aromatic rings. The van der Waals surface area contributed by atoms with Gasteiger partial charge in [-0.15, -0.1) is 0 Å². The van der Waals surface area contributed by atoms with E-state index < -0.39 is 10.9 Å². The second kappa shape index (κ2) is 4.75. The summed E-state index contributed by atoms with van der Waals surface area (Å²) in [7, 11) is 0. The van der Waals surface area contributed by atoms with Gasteiger partial charge in [0.05, 0.1) is 5.56 Å². The minimum atomic E-state index is -1.07. The number of carboxylic acid groups (broad SMARTS) is 1. The Kier molecular flexibility index (Phi) is 3.62. The number of carbonyl (C=O) groups is 1. The van der Waals surface area contributed by atoms with E-state index in [1.54, 1.807) is 0 Å². The van der Waals surface area contributed by atoms with Gasteiger partial charge in [0, 0.05) is 16.4 Å². The topological polar surface area (TPSA) is 80.4 Å². The van der Waals surface area contributed by atoms with Gasteiger partial charge >= 0.3 is 5.97 Å². The fraction of sp³-hybridized carbons (Fsp3) is 0.222. The zero-order valence-electron chi connectivity index (χ0n) is 7.64. The number of rotatable bonds is 4. The van der Waals surface area contributed by atoms with Crippen LogP contribution < -0.4 is 0 Å². The Hall–Kier alpha value is -1.62. The predicted octanol–water partition coefficient (Wildman–Crippen LogP) is 1.86. The molecular weight excluding hydrogens is 222 g/mol. The Morgan fingerprint density at radius 3 is 2.73 bits per heavy atom. The number of nitro groups is 1. The molecule has 0 spiro atoms. The fourth-order valence-corrected chi connectivity index (χ4v) is 1.32. The van der Waals surface area contributed by atoms with E-state index in [2.05, 4.69) is 0 Å². The third-order valence-corrected chi connectivity index (χ3v) is 2.23. The molecule has 1 rings (SSSR count). The van der Waals surface area contributed by atoms with E-state index in [0.717, 1.165) is 0 Å². The van der Waals surface area contributed by atoms with Gasteiger partial charge in [0.1, 0.15) is 0 Å². The Morgan fingerprint density at radius 1 is 1.53 bits per heavy atom. The van der Waals surface area contributed by atoms with Crippen molar-refractivity contribution in [3.63, 3.8) is 0 Å². The summed E-state index contributed by atoms with van der Waals surface area (Å²) in [4.78, 5) is 20.3. The van der Waals surface area contributed by atoms with Crippen molar-refractivity contribution >= 4 is 17.6 Å². The molecule has 0 aliphatic heterocycles. The molecule has 6 heteroatoms. The van der Waals surface area contributed by atoms with Gasteiger partial charge in [-0.3, -0.25) is 10.1 Å². The fourth-order valence-electron chi connectivity index (χ4n) is 1.11. The molecule has 0 fully saturated rings. The highest BCUT2D eigenvalue weighted by atomic mass is 35.5. The standard InChI is InChI=1S/C9H8ClNO4/c10-8-2-1-7(9(12)13)5-6(8)3-4-11(14)15/h1-2,5H,3-4H2,(H,12,13). The van der Waals surface area contributed by atoms with Crippen molar-refractivity contribution in [2.24, 2.45) is 0 Å². The lowest BCUT2D eigenvalue weighted by molar-refractivity contribution is -0.479. The molecule has 0 saturated heterocycles. The molecule has 0 atom stereocenters. The highest BCUT2D eigenvalue weighted by Crippen LogP contribution is 2.18. The molecule has 15 heavy (non-hydrogen) atoms. The molecule has 0 heterocycles. The number of hydrogen-bond acceptors (Lipinski definition) is 3. The number of aromatic carboxylic acids is 1. The first kappa shape index (κ1) is 11.5. The average Bonchev–Trinajstić information content (AvgIpc) is 2.16. The van der Waals surface area contributed by atoms with Crippen LogP contribution >= 0.6 is 11.6 Å². The molecule has 0 saturated carbocycles. The number of hydrogen-bond donors (Lipinski definition) is 1. The van der Waals surface area contributed by atoms with Crippen molar-refractivity contribution in [1.29, 1.82) is 0 Å². The van der Waals surface area contributed by atoms with Gasteiger partial charge in [-0.1, -0.05) is 11.6 Å². The van der Waals surface area contributed by atoms with Crippen LogP contribution in [0.15, 0.2) is 18.2 Å². The van der Waals surface area contributed by atoms with Crippen molar-refractivity contribution in [3.8, 4) is 0 Å². The maximum absolute atomic E-state index is 10.6. The Morgan fingerprint density at radius 2 is 2.20 bits per heavy atom. The van der Waals surface area contributed by atoms with Crippen molar-refractivity contribution < 1.29 is 14.8 Å². The van der Waals surface area contributed by atoms with Gasteiger partial charge in [-0.25, -0.2) is 4.79 Å². The predicted molar refractivity (Wildman–Crippen MR) is 54.0 cm³/mol. The van der Waals surface area contributed by atoms with E-state index in [4.69, 9.17) is 16.7 Å². The van der Waals surface area contributed by atoms with Gasteiger partial charge in [0.25, 0.3) is 0 Å². The van der Waals surface area contributed by atoms with E-state index in [0.29, 0.717) is 10.6 Å². The first-order valence-electron chi connectivity index (χ1n) is 4.14. The van der Waals surface area contributed by atoms with Crippen LogP contribution in [0.3, 0.4) is 0 Å². The monoisotopic (exact) mass is 229 g/mol. The highest BCUT2D eigenvalue weighted by Gasteiger charge is 2.09. The average molecular weight is 230 g/mol. The van der Waals surface area contributed by atoms with Crippen LogP contribution in [0, 0.1) is 10.1 Å². The SMILES string of the molecule is O=C(O)c1ccc(Cl)c(CC[N+](=O)[O-])c1. The summed E-state index contributed by atoms with van der Waals surface area (Å²) in [6.45, 7) is -0.261. The lowest BCUT2D eigenvalue weighted by Gasteiger charge is -2.02. The van der Waals surface area contributed by atoms with E-state index >= 15 is 0 Å². The second-order valence-corrected chi connectivity index (χ2v) is 3.32. The second-order valence-electron chi connectivity index (χ2n) is 2.92. The third-order valence-electron chi connectivity index (χ3n) is 1.86. The van der Waals surface area contributed by atoms with Crippen LogP contribution in [0.25, 0.3) is 0 Å². The molecule has 80 valence electrons. The summed E-state index contributed by atoms with van der Waals surface area (Å²) >= 11 is 5.77. The minimum absolute atomic E-state index is 0.0812. The number of halogens is 1. The normalized spacial score (nSPS) is 9.93. The largest absolute Gasteiger partial charge is 0.478 e. The van der Waals surface area contributed by atoms with Crippen molar-refractivity contribution in [3.05, 3.63) is 44.5 Å². The van der Waals surface area contributed by atoms with Crippen LogP contribution in [0.4, 0.5) is 0 Å². The molecule has 5 nitrogen and oxygen atoms in total. The number of benzene rings is 1. The van der Waals surface area contributed by atoms with Crippen molar-refractivity contribution in [2.75, 3.05) is 6.54 Å². The van der Waals surface area contributed by atoms with Gasteiger partial charge in [-0.05, 0) is 23.8 Å². The number of carboxylic acids is 1. The van der Waals surface area contributed by atoms with Gasteiger partial charge in [0.15, 0.2) is 0 Å². The molecule has 0 aromatic heterocycles. The van der Waals surface area contributed by atoms with Crippen LogP contribution in [0.2, 0.25) is 5.02 Å². The zero-order valence-corrected chi connectivity index (χ0v) is 8.40. The Balaban J connectivity index is 2.90. The molecular formula is C9H8ClNO4. The van der Waals surface area contributed by atoms with Crippen molar-refractivity contribution in [1.82, 2.24) is 0 Å². The summed E-state index contributed by atoms with van der Waals surface area (Å²) < 4.78 is 0. The summed E-state index contributed by atoms with van der Waals surface area (Å²) in [5.74, 6) is -1.07. The molecule has 0 unspecified atom stereocenters.